The second-order valence-electron chi connectivity index (χ2n) is 3.83. The van der Waals surface area contributed by atoms with E-state index in [0.29, 0.717) is 14.5 Å². The van der Waals surface area contributed by atoms with Crippen LogP contribution in [0.4, 0.5) is 0 Å². The highest BCUT2D eigenvalue weighted by atomic mass is 79.9. The molecular weight excluding hydrogens is 433 g/mol. The standard InChI is InChI=1S/C12H2BrCl5O2/c13-3-1-5(15)9-11(7(3)17)19-10-6(16)2-4(14)8(18)12(10)20-9/h1-2H. The van der Waals surface area contributed by atoms with Crippen LogP contribution in [0.2, 0.25) is 25.1 Å². The first-order chi connectivity index (χ1) is 9.40. The maximum Gasteiger partial charge on any atom is 0.191 e. The Bertz CT molecular complexity index is 684. The fourth-order valence-corrected chi connectivity index (χ4v) is 3.31. The van der Waals surface area contributed by atoms with E-state index in [2.05, 4.69) is 15.9 Å². The van der Waals surface area contributed by atoms with Gasteiger partial charge in [-0.1, -0.05) is 58.0 Å². The minimum absolute atomic E-state index is 0.187. The van der Waals surface area contributed by atoms with Crippen molar-refractivity contribution in [1.29, 1.82) is 0 Å². The van der Waals surface area contributed by atoms with Gasteiger partial charge in [0.25, 0.3) is 0 Å². The van der Waals surface area contributed by atoms with Gasteiger partial charge in [-0.05, 0) is 28.1 Å². The van der Waals surface area contributed by atoms with Gasteiger partial charge in [-0.2, -0.15) is 0 Å². The molecule has 2 aromatic carbocycles. The fraction of sp³-hybridized carbons (Fsp3) is 0. The molecule has 0 radical (unpaired) electrons. The maximum absolute atomic E-state index is 6.16. The van der Waals surface area contributed by atoms with Crippen molar-refractivity contribution in [2.45, 2.75) is 0 Å². The molecule has 1 aliphatic heterocycles. The highest BCUT2D eigenvalue weighted by molar-refractivity contribution is 9.10. The highest BCUT2D eigenvalue weighted by Crippen LogP contribution is 2.58. The quantitative estimate of drug-likeness (QED) is 0.338. The normalized spacial score (nSPS) is 12.3. The van der Waals surface area contributed by atoms with E-state index in [1.54, 1.807) is 6.07 Å². The second kappa shape index (κ2) is 5.31. The molecule has 0 saturated heterocycles. The van der Waals surface area contributed by atoms with Crippen molar-refractivity contribution in [3.8, 4) is 23.0 Å². The van der Waals surface area contributed by atoms with Gasteiger partial charge < -0.3 is 9.47 Å². The Morgan fingerprint density at radius 2 is 1.15 bits per heavy atom. The van der Waals surface area contributed by atoms with E-state index in [4.69, 9.17) is 67.5 Å². The molecule has 0 aromatic heterocycles. The molecule has 0 amide bonds. The van der Waals surface area contributed by atoms with Gasteiger partial charge in [0.1, 0.15) is 10.0 Å². The summed E-state index contributed by atoms with van der Waals surface area (Å²) in [6, 6.07) is 3.06. The SMILES string of the molecule is Clc1cc(Cl)c2c(c1Cl)Oc1c(Cl)cc(Br)c(Cl)c1O2. The third-order valence-corrected chi connectivity index (χ3v) is 5.14. The first-order valence-electron chi connectivity index (χ1n) is 5.11. The van der Waals surface area contributed by atoms with Crippen molar-refractivity contribution < 1.29 is 9.47 Å². The molecule has 104 valence electrons. The summed E-state index contributed by atoms with van der Waals surface area (Å²) in [5.74, 6) is 0.966. The van der Waals surface area contributed by atoms with Crippen molar-refractivity contribution in [3.05, 3.63) is 41.7 Å². The minimum atomic E-state index is 0.187. The number of ether oxygens (including phenoxy) is 2. The van der Waals surface area contributed by atoms with E-state index in [0.717, 1.165) is 0 Å². The fourth-order valence-electron chi connectivity index (χ4n) is 1.69. The number of hydrogen-bond acceptors (Lipinski definition) is 2. The molecule has 2 nitrogen and oxygen atoms in total. The van der Waals surface area contributed by atoms with Gasteiger partial charge in [0.15, 0.2) is 23.0 Å². The predicted molar refractivity (Wildman–Crippen MR) is 85.8 cm³/mol. The summed E-state index contributed by atoms with van der Waals surface area (Å²) >= 11 is 33.7. The zero-order chi connectivity index (χ0) is 14.6. The predicted octanol–water partition coefficient (Wildman–Crippen LogP) is 7.61. The van der Waals surface area contributed by atoms with Crippen LogP contribution < -0.4 is 9.47 Å². The van der Waals surface area contributed by atoms with Crippen LogP contribution in [0.5, 0.6) is 23.0 Å². The molecule has 0 spiro atoms. The minimum Gasteiger partial charge on any atom is -0.446 e. The van der Waals surface area contributed by atoms with E-state index >= 15 is 0 Å². The van der Waals surface area contributed by atoms with Crippen LogP contribution in [0.3, 0.4) is 0 Å². The lowest BCUT2D eigenvalue weighted by Crippen LogP contribution is -2.02. The summed E-state index contributed by atoms with van der Waals surface area (Å²) in [5, 5.41) is 1.33. The second-order valence-corrected chi connectivity index (χ2v) is 6.66. The van der Waals surface area contributed by atoms with Gasteiger partial charge in [0.2, 0.25) is 0 Å². The molecule has 0 fully saturated rings. The molecule has 0 bridgehead atoms. The summed E-state index contributed by atoms with van der Waals surface area (Å²) in [4.78, 5) is 0. The third-order valence-electron chi connectivity index (χ3n) is 2.58. The summed E-state index contributed by atoms with van der Waals surface area (Å²) in [5.41, 5.74) is 0. The lowest BCUT2D eigenvalue weighted by Gasteiger charge is -2.24. The number of benzene rings is 2. The summed E-state index contributed by atoms with van der Waals surface area (Å²) in [7, 11) is 0. The lowest BCUT2D eigenvalue weighted by molar-refractivity contribution is 0.360. The zero-order valence-electron chi connectivity index (χ0n) is 9.24. The molecule has 1 aliphatic rings. The first kappa shape index (κ1) is 14.9. The summed E-state index contributed by atoms with van der Waals surface area (Å²) in [6.45, 7) is 0. The van der Waals surface area contributed by atoms with Crippen molar-refractivity contribution >= 4 is 73.9 Å². The van der Waals surface area contributed by atoms with Gasteiger partial charge in [-0.25, -0.2) is 0 Å². The topological polar surface area (TPSA) is 18.5 Å². The van der Waals surface area contributed by atoms with E-state index in [-0.39, 0.29) is 38.1 Å². The monoisotopic (exact) mass is 432 g/mol. The molecule has 0 unspecified atom stereocenters. The molecule has 0 aliphatic carbocycles. The molecule has 1 heterocycles. The molecule has 0 atom stereocenters. The van der Waals surface area contributed by atoms with Crippen LogP contribution in [0.15, 0.2) is 16.6 Å². The van der Waals surface area contributed by atoms with Gasteiger partial charge in [0.05, 0.1) is 15.1 Å². The van der Waals surface area contributed by atoms with Gasteiger partial charge in [-0.3, -0.25) is 0 Å². The molecular formula is C12H2BrCl5O2. The van der Waals surface area contributed by atoms with Crippen LogP contribution in [0.1, 0.15) is 0 Å². The van der Waals surface area contributed by atoms with Crippen molar-refractivity contribution in [2.24, 2.45) is 0 Å². The lowest BCUT2D eigenvalue weighted by atomic mass is 10.2. The van der Waals surface area contributed by atoms with Crippen LogP contribution in [0, 0.1) is 0 Å². The van der Waals surface area contributed by atoms with Crippen LogP contribution in [0.25, 0.3) is 0 Å². The van der Waals surface area contributed by atoms with Gasteiger partial charge in [-0.15, -0.1) is 0 Å². The van der Waals surface area contributed by atoms with E-state index in [9.17, 15) is 0 Å². The van der Waals surface area contributed by atoms with E-state index < -0.39 is 0 Å². The maximum atomic E-state index is 6.16. The van der Waals surface area contributed by atoms with Crippen LogP contribution in [-0.4, -0.2) is 0 Å². The largest absolute Gasteiger partial charge is 0.446 e. The Morgan fingerprint density at radius 3 is 1.75 bits per heavy atom. The number of halogens is 6. The molecule has 20 heavy (non-hydrogen) atoms. The Kier molecular flexibility index (Phi) is 3.95. The molecule has 8 heteroatoms. The number of fused-ring (bicyclic) bond motifs is 2. The average molecular weight is 435 g/mol. The van der Waals surface area contributed by atoms with Crippen LogP contribution >= 0.6 is 73.9 Å². The molecule has 0 N–H and O–H groups in total. The Balaban J connectivity index is 2.27. The molecule has 0 saturated carbocycles. The van der Waals surface area contributed by atoms with Crippen LogP contribution in [-0.2, 0) is 0 Å². The van der Waals surface area contributed by atoms with Crippen molar-refractivity contribution in [1.82, 2.24) is 0 Å². The van der Waals surface area contributed by atoms with Gasteiger partial charge in [0, 0.05) is 4.47 Å². The summed E-state index contributed by atoms with van der Waals surface area (Å²) in [6.07, 6.45) is 0. The Hall–Kier alpha value is -0.0300. The smallest absolute Gasteiger partial charge is 0.191 e. The molecule has 3 rings (SSSR count). The zero-order valence-corrected chi connectivity index (χ0v) is 14.6. The van der Waals surface area contributed by atoms with Crippen molar-refractivity contribution in [3.63, 3.8) is 0 Å². The number of hydrogen-bond donors (Lipinski definition) is 0. The molecule has 2 aromatic rings. The van der Waals surface area contributed by atoms with E-state index in [1.165, 1.54) is 6.07 Å². The highest BCUT2D eigenvalue weighted by Gasteiger charge is 2.30. The Morgan fingerprint density at radius 1 is 0.650 bits per heavy atom. The number of rotatable bonds is 0. The first-order valence-corrected chi connectivity index (χ1v) is 7.79. The van der Waals surface area contributed by atoms with E-state index in [1.807, 2.05) is 0 Å². The van der Waals surface area contributed by atoms with Gasteiger partial charge >= 0.3 is 0 Å². The average Bonchev–Trinajstić information content (AvgIpc) is 2.41. The summed E-state index contributed by atoms with van der Waals surface area (Å²) < 4.78 is 11.9. The Labute approximate surface area is 147 Å². The third kappa shape index (κ3) is 2.25. The van der Waals surface area contributed by atoms with Crippen molar-refractivity contribution in [2.75, 3.05) is 0 Å².